The zero-order chi connectivity index (χ0) is 18.4. The Morgan fingerprint density at radius 2 is 1.52 bits per heavy atom. The fraction of sp³-hybridized carbons (Fsp3) is 0.381. The Bertz CT molecular complexity index is 862. The molecule has 0 fully saturated rings. The van der Waals surface area contributed by atoms with Crippen LogP contribution in [0.3, 0.4) is 0 Å². The molecule has 1 aromatic heterocycles. The van der Waals surface area contributed by atoms with Crippen molar-refractivity contribution in [2.24, 2.45) is 0 Å². The highest BCUT2D eigenvalue weighted by Gasteiger charge is 2.33. The van der Waals surface area contributed by atoms with Gasteiger partial charge in [0, 0.05) is 29.6 Å². The predicted octanol–water partition coefficient (Wildman–Crippen LogP) is 4.20. The van der Waals surface area contributed by atoms with Crippen LogP contribution in [0.2, 0.25) is 0 Å². The van der Waals surface area contributed by atoms with Gasteiger partial charge in [-0.1, -0.05) is 52.0 Å². The summed E-state index contributed by atoms with van der Waals surface area (Å²) < 4.78 is 0. The number of carboxylic acid groups (broad SMARTS) is 1. The maximum atomic E-state index is 10.9. The minimum absolute atomic E-state index is 0.0126. The molecule has 0 atom stereocenters. The van der Waals surface area contributed by atoms with Crippen LogP contribution in [-0.2, 0) is 17.3 Å². The molecule has 130 valence electrons. The number of aryl methyl sites for hydroxylation is 1. The number of benzene rings is 1. The van der Waals surface area contributed by atoms with Gasteiger partial charge in [0.25, 0.3) is 0 Å². The first-order chi connectivity index (χ1) is 11.6. The largest absolute Gasteiger partial charge is 0.478 e. The van der Waals surface area contributed by atoms with E-state index in [0.717, 1.165) is 0 Å². The number of nitrogens with zero attached hydrogens (tertiary/aromatic N) is 2. The van der Waals surface area contributed by atoms with Crippen molar-refractivity contribution in [1.82, 2.24) is 9.97 Å². The van der Waals surface area contributed by atoms with Gasteiger partial charge < -0.3 is 5.11 Å². The van der Waals surface area contributed by atoms with E-state index in [4.69, 9.17) is 5.11 Å². The van der Waals surface area contributed by atoms with Crippen LogP contribution in [0, 0.1) is 6.92 Å². The van der Waals surface area contributed by atoms with E-state index in [2.05, 4.69) is 68.9 Å². The van der Waals surface area contributed by atoms with Gasteiger partial charge in [0.05, 0.1) is 5.56 Å². The first-order valence-corrected chi connectivity index (χ1v) is 8.49. The van der Waals surface area contributed by atoms with Gasteiger partial charge in [0.1, 0.15) is 5.82 Å². The number of hydrogen-bond donors (Lipinski definition) is 1. The van der Waals surface area contributed by atoms with E-state index in [1.165, 1.54) is 34.6 Å². The van der Waals surface area contributed by atoms with E-state index in [9.17, 15) is 4.79 Å². The number of carbonyl (C=O) groups is 1. The summed E-state index contributed by atoms with van der Waals surface area (Å²) >= 11 is 0. The molecule has 0 saturated carbocycles. The average Bonchev–Trinajstić information content (AvgIpc) is 2.54. The molecule has 1 N–H and O–H groups in total. The lowest BCUT2D eigenvalue weighted by Crippen LogP contribution is -2.29. The van der Waals surface area contributed by atoms with Gasteiger partial charge in [-0.25, -0.2) is 14.8 Å². The number of rotatable bonds is 3. The van der Waals surface area contributed by atoms with Gasteiger partial charge in [0.2, 0.25) is 0 Å². The third-order valence-corrected chi connectivity index (χ3v) is 5.08. The van der Waals surface area contributed by atoms with Crippen LogP contribution in [0.25, 0.3) is 0 Å². The molecule has 0 aliphatic heterocycles. The van der Waals surface area contributed by atoms with Crippen molar-refractivity contribution in [3.8, 4) is 0 Å². The predicted molar refractivity (Wildman–Crippen MR) is 98.2 cm³/mol. The van der Waals surface area contributed by atoms with Crippen LogP contribution in [0.1, 0.15) is 66.1 Å². The molecule has 0 radical (unpaired) electrons. The molecule has 0 bridgehead atoms. The fourth-order valence-electron chi connectivity index (χ4n) is 3.33. The third kappa shape index (κ3) is 3.21. The molecular weight excluding hydrogens is 312 g/mol. The third-order valence-electron chi connectivity index (χ3n) is 5.08. The Morgan fingerprint density at radius 3 is 2.04 bits per heavy atom. The number of fused-ring (bicyclic) bond motifs is 1. The second-order valence-electron chi connectivity index (χ2n) is 7.97. The lowest BCUT2D eigenvalue weighted by molar-refractivity contribution is 0.0696. The normalized spacial score (nSPS) is 17.2. The number of carboxylic acids is 1. The summed E-state index contributed by atoms with van der Waals surface area (Å²) in [6.45, 7) is 11.1. The highest BCUT2D eigenvalue weighted by atomic mass is 16.4. The molecule has 4 nitrogen and oxygen atoms in total. The summed E-state index contributed by atoms with van der Waals surface area (Å²) in [7, 11) is 0. The number of aromatic nitrogens is 2. The number of aromatic carboxylic acids is 1. The van der Waals surface area contributed by atoms with Crippen LogP contribution in [0.15, 0.2) is 36.7 Å². The van der Waals surface area contributed by atoms with Crippen LogP contribution in [-0.4, -0.2) is 21.0 Å². The van der Waals surface area contributed by atoms with Crippen molar-refractivity contribution in [3.05, 3.63) is 70.3 Å². The molecule has 4 heteroatoms. The summed E-state index contributed by atoms with van der Waals surface area (Å²) in [5.74, 6) is -0.372. The second kappa shape index (κ2) is 5.80. The van der Waals surface area contributed by atoms with Crippen molar-refractivity contribution in [1.29, 1.82) is 0 Å². The van der Waals surface area contributed by atoms with E-state index in [0.29, 0.717) is 12.2 Å². The monoisotopic (exact) mass is 336 g/mol. The Morgan fingerprint density at radius 1 is 1.00 bits per heavy atom. The molecular formula is C21H24N2O2. The molecule has 0 spiro atoms. The number of hydrogen-bond acceptors (Lipinski definition) is 3. The molecule has 1 aliphatic carbocycles. The van der Waals surface area contributed by atoms with Crippen LogP contribution >= 0.6 is 0 Å². The zero-order valence-electron chi connectivity index (χ0n) is 15.4. The SMILES string of the molecule is Cc1cc2c(cc1Cc1ncc(C(=O)O)cn1)C(C)(C)C=CC2(C)C. The van der Waals surface area contributed by atoms with Crippen LogP contribution < -0.4 is 0 Å². The molecule has 1 heterocycles. The van der Waals surface area contributed by atoms with E-state index in [1.807, 2.05) is 0 Å². The first kappa shape index (κ1) is 17.3. The van der Waals surface area contributed by atoms with Crippen molar-refractivity contribution in [2.75, 3.05) is 0 Å². The molecule has 0 amide bonds. The van der Waals surface area contributed by atoms with E-state index in [1.54, 1.807) is 0 Å². The molecule has 25 heavy (non-hydrogen) atoms. The summed E-state index contributed by atoms with van der Waals surface area (Å²) in [6, 6.07) is 4.55. The average molecular weight is 336 g/mol. The smallest absolute Gasteiger partial charge is 0.338 e. The van der Waals surface area contributed by atoms with Crippen molar-refractivity contribution in [3.63, 3.8) is 0 Å². The van der Waals surface area contributed by atoms with Gasteiger partial charge in [-0.3, -0.25) is 0 Å². The molecule has 2 aromatic rings. The minimum Gasteiger partial charge on any atom is -0.478 e. The highest BCUT2D eigenvalue weighted by molar-refractivity contribution is 5.86. The maximum absolute atomic E-state index is 10.9. The quantitative estimate of drug-likeness (QED) is 0.853. The van der Waals surface area contributed by atoms with Crippen LogP contribution in [0.5, 0.6) is 0 Å². The Balaban J connectivity index is 2.00. The molecule has 3 rings (SSSR count). The van der Waals surface area contributed by atoms with Gasteiger partial charge in [0.15, 0.2) is 0 Å². The minimum atomic E-state index is -1.01. The van der Waals surface area contributed by atoms with Crippen LogP contribution in [0.4, 0.5) is 0 Å². The molecule has 1 aromatic carbocycles. The Hall–Kier alpha value is -2.49. The Kier molecular flexibility index (Phi) is 4.02. The molecule has 0 unspecified atom stereocenters. The summed E-state index contributed by atoms with van der Waals surface area (Å²) in [4.78, 5) is 19.3. The second-order valence-corrected chi connectivity index (χ2v) is 7.97. The molecule has 0 saturated heterocycles. The zero-order valence-corrected chi connectivity index (χ0v) is 15.4. The van der Waals surface area contributed by atoms with Gasteiger partial charge >= 0.3 is 5.97 Å². The van der Waals surface area contributed by atoms with Crippen molar-refractivity contribution < 1.29 is 9.90 Å². The van der Waals surface area contributed by atoms with Crippen molar-refractivity contribution in [2.45, 2.75) is 51.9 Å². The van der Waals surface area contributed by atoms with Gasteiger partial charge in [-0.2, -0.15) is 0 Å². The summed E-state index contributed by atoms with van der Waals surface area (Å²) in [5.41, 5.74) is 5.21. The summed E-state index contributed by atoms with van der Waals surface area (Å²) in [5, 5.41) is 8.96. The lowest BCUT2D eigenvalue weighted by Gasteiger charge is -2.37. The fourth-order valence-corrected chi connectivity index (χ4v) is 3.33. The van der Waals surface area contributed by atoms with E-state index in [-0.39, 0.29) is 16.4 Å². The maximum Gasteiger partial charge on any atom is 0.338 e. The van der Waals surface area contributed by atoms with Gasteiger partial charge in [-0.15, -0.1) is 0 Å². The van der Waals surface area contributed by atoms with E-state index >= 15 is 0 Å². The lowest BCUT2D eigenvalue weighted by atomic mass is 9.67. The summed E-state index contributed by atoms with van der Waals surface area (Å²) in [6.07, 6.45) is 7.91. The number of allylic oxidation sites excluding steroid dienone is 2. The molecule has 1 aliphatic rings. The van der Waals surface area contributed by atoms with Crippen molar-refractivity contribution >= 4 is 5.97 Å². The first-order valence-electron chi connectivity index (χ1n) is 8.49. The highest BCUT2D eigenvalue weighted by Crippen LogP contribution is 2.42. The van der Waals surface area contributed by atoms with E-state index < -0.39 is 5.97 Å². The topological polar surface area (TPSA) is 63.1 Å². The standard InChI is InChI=1S/C21H24N2O2/c1-13-8-16-17(21(4,5)7-6-20(16,2)3)9-14(13)10-18-22-11-15(12-23-18)19(24)25/h6-9,11-12H,10H2,1-5H3,(H,24,25). The van der Waals surface area contributed by atoms with Gasteiger partial charge in [-0.05, 0) is 29.2 Å². The Labute approximate surface area is 148 Å².